The van der Waals surface area contributed by atoms with Gasteiger partial charge in [-0.25, -0.2) is 9.59 Å². The number of allylic oxidation sites excluding steroid dienone is 1. The zero-order chi connectivity index (χ0) is 65.6. The van der Waals surface area contributed by atoms with Crippen LogP contribution in [0.1, 0.15) is 156 Å². The second kappa shape index (κ2) is 43.9. The number of aliphatic hydroxyl groups excluding tert-OH is 4. The summed E-state index contributed by atoms with van der Waals surface area (Å²) in [5.74, 6) is -17.8. The third-order valence-electron chi connectivity index (χ3n) is 14.0. The molecule has 1 saturated heterocycles. The van der Waals surface area contributed by atoms with Crippen LogP contribution in [-0.4, -0.2) is 207 Å². The number of carbonyl (C=O) groups excluding carboxylic acids is 10. The van der Waals surface area contributed by atoms with Crippen molar-refractivity contribution in [2.24, 2.45) is 17.2 Å². The van der Waals surface area contributed by atoms with Crippen molar-refractivity contribution < 1.29 is 92.9 Å². The summed E-state index contributed by atoms with van der Waals surface area (Å²) in [6, 6.07) is -15.8. The van der Waals surface area contributed by atoms with Gasteiger partial charge in [-0.2, -0.15) is 0 Å². The molecule has 1 aliphatic heterocycles. The predicted octanol–water partition coefficient (Wildman–Crippen LogP) is -3.60. The normalized spacial score (nSPS) is 23.9. The minimum Gasteiger partial charge on any atom is -0.481 e. The number of nitrogens with two attached hydrogens (primary N) is 3. The summed E-state index contributed by atoms with van der Waals surface area (Å²) in [4.78, 5) is 163. The highest BCUT2D eigenvalue weighted by atomic mass is 35.5. The van der Waals surface area contributed by atoms with Crippen LogP contribution in [0.2, 0.25) is 0 Å². The van der Waals surface area contributed by atoms with Crippen molar-refractivity contribution >= 4 is 82.7 Å². The number of nitrogens with one attached hydrogen (secondary N) is 9. The smallest absolute Gasteiger partial charge is 0.335 e. The predicted molar refractivity (Wildman–Crippen MR) is 314 cm³/mol. The monoisotopic (exact) mass is 1260 g/mol. The summed E-state index contributed by atoms with van der Waals surface area (Å²) in [6.45, 7) is 2.68. The molecule has 0 unspecified atom stereocenters. The number of halogens is 1. The number of unbranched alkanes of at least 4 members (excludes halogenated alkanes) is 13. The molecule has 9 amide bonds. The Kier molecular flexibility index (Phi) is 39.6. The van der Waals surface area contributed by atoms with Crippen LogP contribution in [0.5, 0.6) is 0 Å². The molecule has 32 heteroatoms. The van der Waals surface area contributed by atoms with E-state index in [0.29, 0.717) is 12.8 Å². The summed E-state index contributed by atoms with van der Waals surface area (Å²) < 4.78 is 5.29. The summed E-state index contributed by atoms with van der Waals surface area (Å²) in [5.41, 5.74) is 16.5. The first-order valence-corrected chi connectivity index (χ1v) is 30.2. The van der Waals surface area contributed by atoms with Gasteiger partial charge in [-0.15, -0.1) is 11.6 Å². The number of hydrogen-bond donors (Lipinski definition) is 18. The van der Waals surface area contributed by atoms with Crippen LogP contribution in [0.3, 0.4) is 0 Å². The molecule has 1 aliphatic rings. The number of cyclic esters (lactones) is 1. The fraction of sp³-hybridized carbons (Fsp3) is 0.745. The number of carboxylic acids is 2. The number of carboxylic acid groups (broad SMARTS) is 2. The number of aliphatic hydroxyl groups is 4. The van der Waals surface area contributed by atoms with Crippen LogP contribution in [0, 0.1) is 0 Å². The van der Waals surface area contributed by atoms with Gasteiger partial charge in [-0.05, 0) is 72.0 Å². The lowest BCUT2D eigenvalue weighted by atomic mass is 10.0. The van der Waals surface area contributed by atoms with Crippen molar-refractivity contribution in [2.75, 3.05) is 32.1 Å². The van der Waals surface area contributed by atoms with E-state index in [0.717, 1.165) is 51.5 Å². The molecule has 0 aromatic rings. The molecule has 1 fully saturated rings. The number of aliphatic carboxylic acids is 2. The Labute approximate surface area is 511 Å². The Morgan fingerprint density at radius 3 is 1.56 bits per heavy atom. The Hall–Kier alpha value is -6.61. The molecule has 0 aromatic heterocycles. The minimum atomic E-state index is -2.83. The van der Waals surface area contributed by atoms with E-state index in [1.807, 2.05) is 10.6 Å². The van der Waals surface area contributed by atoms with Gasteiger partial charge in [-0.3, -0.25) is 47.9 Å². The van der Waals surface area contributed by atoms with Crippen LogP contribution < -0.4 is 65.1 Å². The van der Waals surface area contributed by atoms with Crippen molar-refractivity contribution in [3.8, 4) is 0 Å². The van der Waals surface area contributed by atoms with Gasteiger partial charge in [0.15, 0.2) is 12.1 Å². The molecule has 0 bridgehead atoms. The zero-order valence-corrected chi connectivity index (χ0v) is 50.7. The van der Waals surface area contributed by atoms with E-state index in [1.54, 1.807) is 0 Å². The quantitative estimate of drug-likeness (QED) is 0.0134. The Morgan fingerprint density at radius 1 is 0.598 bits per heavy atom. The second-order valence-corrected chi connectivity index (χ2v) is 21.6. The Morgan fingerprint density at radius 2 is 1.08 bits per heavy atom. The standard InChI is InChI=1S/C55H95ClN12O19/c1-4-6-7-8-9-10-11-12-13-14-15-16-17-20-32(70)27-40(72)60-38-30-87-55(86)43(39(71)29-56)67-53(83)44(45(75)54(84)85)68-46(76)33(5-2)61-52(82)42(31(3)69)66-49(79)36(23-26-59)63-47(77)34(21-18-19-24-57)62-50(80)37(28-41(73)74)65-48(78)35(22-25-58)64-51(38)81/h5,31-32,34-39,42-45,69-71,75H,4,6-30,57-59H2,1-3H3,(H,60,72)(H,61,82)(H,62,80)(H,63,77)(H,64,81)(H,65,78)(H,66,79)(H,67,83)(H,68,76)(H,73,74)(H,84,85)/b33-5-/t31-,32+,34-,35+,36-,37-,38-,39+,42-,43-,44-,45-/m0/s1. The van der Waals surface area contributed by atoms with Gasteiger partial charge in [0, 0.05) is 0 Å². The molecule has 0 aromatic carbocycles. The van der Waals surface area contributed by atoms with Gasteiger partial charge < -0.3 is 100 Å². The van der Waals surface area contributed by atoms with Gasteiger partial charge in [-0.1, -0.05) is 96.5 Å². The summed E-state index contributed by atoms with van der Waals surface area (Å²) in [6.07, 6.45) is 4.80. The third kappa shape index (κ3) is 30.7. The lowest BCUT2D eigenvalue weighted by Crippen LogP contribution is -2.62. The Balaban J connectivity index is 3.88. The third-order valence-corrected chi connectivity index (χ3v) is 14.3. The zero-order valence-electron chi connectivity index (χ0n) is 50.0. The van der Waals surface area contributed by atoms with Crippen LogP contribution in [0.25, 0.3) is 0 Å². The molecule has 496 valence electrons. The highest BCUT2D eigenvalue weighted by Crippen LogP contribution is 2.15. The summed E-state index contributed by atoms with van der Waals surface area (Å²) in [7, 11) is 0. The molecular weight excluding hydrogens is 1170 g/mol. The summed E-state index contributed by atoms with van der Waals surface area (Å²) >= 11 is 5.87. The number of alkyl halides is 1. The maximum Gasteiger partial charge on any atom is 0.335 e. The van der Waals surface area contributed by atoms with Gasteiger partial charge in [0.2, 0.25) is 47.3 Å². The van der Waals surface area contributed by atoms with Crippen molar-refractivity contribution in [1.82, 2.24) is 47.9 Å². The molecule has 0 radical (unpaired) electrons. The van der Waals surface area contributed by atoms with E-state index >= 15 is 0 Å². The highest BCUT2D eigenvalue weighted by molar-refractivity contribution is 6.18. The average molecular weight is 1260 g/mol. The molecule has 21 N–H and O–H groups in total. The highest BCUT2D eigenvalue weighted by Gasteiger charge is 2.41. The fourth-order valence-electron chi connectivity index (χ4n) is 8.93. The van der Waals surface area contributed by atoms with Crippen molar-refractivity contribution in [3.05, 3.63) is 11.8 Å². The first-order valence-electron chi connectivity index (χ1n) is 29.7. The minimum absolute atomic E-state index is 0.123. The molecule has 0 aliphatic carbocycles. The van der Waals surface area contributed by atoms with E-state index in [4.69, 9.17) is 33.5 Å². The largest absolute Gasteiger partial charge is 0.481 e. The maximum atomic E-state index is 14.2. The van der Waals surface area contributed by atoms with Crippen LogP contribution >= 0.6 is 11.6 Å². The lowest BCUT2D eigenvalue weighted by molar-refractivity contribution is -0.155. The number of amides is 9. The molecule has 1 rings (SSSR count). The molecule has 87 heavy (non-hydrogen) atoms. The second-order valence-electron chi connectivity index (χ2n) is 21.3. The number of ether oxygens (including phenoxy) is 1. The van der Waals surface area contributed by atoms with E-state index in [-0.39, 0.29) is 45.3 Å². The van der Waals surface area contributed by atoms with Crippen LogP contribution in [0.4, 0.5) is 0 Å². The SMILES string of the molecule is C/C=C1\NC(=O)[C@H]([C@H](C)O)NC(=O)[C@H](CCN)NC(=O)[C@H](CCCCN)NC(=O)[C@H](CC(=O)O)NC(=O)[C@@H](CCN)NC(=O)[C@@H](NC(=O)C[C@H](O)CCCCCCCCCCCCCCC)COC(=O)[C@H]([C@H](O)CCl)NC(=O)[C@H]([C@H](O)C(=O)O)NC1=O. The van der Waals surface area contributed by atoms with Crippen LogP contribution in [0.15, 0.2) is 11.8 Å². The van der Waals surface area contributed by atoms with Gasteiger partial charge in [0.05, 0.1) is 37.0 Å². The van der Waals surface area contributed by atoms with Gasteiger partial charge in [0.25, 0.3) is 5.91 Å². The van der Waals surface area contributed by atoms with Crippen molar-refractivity contribution in [3.63, 3.8) is 0 Å². The number of carbonyl (C=O) groups is 12. The summed E-state index contributed by atoms with van der Waals surface area (Å²) in [5, 5.41) is 82.4. The first kappa shape index (κ1) is 78.4. The molecule has 0 saturated carbocycles. The van der Waals surface area contributed by atoms with Gasteiger partial charge >= 0.3 is 17.9 Å². The molecular formula is C55H95ClN12O19. The number of rotatable bonds is 32. The van der Waals surface area contributed by atoms with E-state index in [2.05, 4.69) is 44.1 Å². The Bertz CT molecular complexity index is 2270. The van der Waals surface area contributed by atoms with E-state index in [9.17, 15) is 88.2 Å². The van der Waals surface area contributed by atoms with Gasteiger partial charge in [0.1, 0.15) is 54.6 Å². The molecule has 0 spiro atoms. The molecule has 1 heterocycles. The van der Waals surface area contributed by atoms with Crippen LogP contribution in [-0.2, 0) is 62.3 Å². The van der Waals surface area contributed by atoms with E-state index in [1.165, 1.54) is 45.4 Å². The lowest BCUT2D eigenvalue weighted by Gasteiger charge is -2.28. The molecule has 31 nitrogen and oxygen atoms in total. The fourth-order valence-corrected chi connectivity index (χ4v) is 9.11. The number of hydrogen-bond acceptors (Lipinski definition) is 20. The van der Waals surface area contributed by atoms with E-state index < -0.39 is 181 Å². The topological polar surface area (TPSA) is 522 Å². The molecule has 12 atom stereocenters. The van der Waals surface area contributed by atoms with Crippen molar-refractivity contribution in [1.29, 1.82) is 0 Å². The maximum absolute atomic E-state index is 14.2. The first-order chi connectivity index (χ1) is 41.3. The number of esters is 1. The average Bonchev–Trinajstić information content (AvgIpc) is 3.53. The van der Waals surface area contributed by atoms with Crippen molar-refractivity contribution in [2.45, 2.75) is 228 Å².